The first kappa shape index (κ1) is 29.7. The van der Waals surface area contributed by atoms with Crippen molar-refractivity contribution in [2.75, 3.05) is 0 Å². The summed E-state index contributed by atoms with van der Waals surface area (Å²) in [7, 11) is 0. The summed E-state index contributed by atoms with van der Waals surface area (Å²) >= 11 is -1.85. The van der Waals surface area contributed by atoms with Crippen LogP contribution < -0.4 is 28.6 Å². The van der Waals surface area contributed by atoms with Gasteiger partial charge in [-0.25, -0.2) is 0 Å². The van der Waals surface area contributed by atoms with Crippen LogP contribution in [0.2, 0.25) is 13.1 Å². The monoisotopic (exact) mass is 502 g/mol. The second-order valence-corrected chi connectivity index (χ2v) is 21.8. The summed E-state index contributed by atoms with van der Waals surface area (Å²) in [4.78, 5) is 13.7. The van der Waals surface area contributed by atoms with Crippen LogP contribution in [0.4, 0.5) is 0 Å². The van der Waals surface area contributed by atoms with E-state index in [4.69, 9.17) is 0 Å². The van der Waals surface area contributed by atoms with Crippen LogP contribution in [0.3, 0.4) is 0 Å². The predicted molar refractivity (Wildman–Crippen MR) is 121 cm³/mol. The van der Waals surface area contributed by atoms with E-state index >= 15 is 0 Å². The first-order valence-corrected chi connectivity index (χ1v) is 17.8. The molecule has 0 spiro atoms. The van der Waals surface area contributed by atoms with Crippen LogP contribution >= 0.6 is 0 Å². The van der Waals surface area contributed by atoms with Crippen LogP contribution in [0.5, 0.6) is 0 Å². The molecule has 6 heteroatoms. The van der Waals surface area contributed by atoms with E-state index < -0.39 is 24.0 Å². The minimum atomic E-state index is -1.85. The summed E-state index contributed by atoms with van der Waals surface area (Å²) in [6, 6.07) is 6.38. The van der Waals surface area contributed by atoms with E-state index in [0.717, 1.165) is 5.56 Å². The molecule has 0 saturated heterocycles. The van der Waals surface area contributed by atoms with Gasteiger partial charge in [-0.2, -0.15) is 0 Å². The van der Waals surface area contributed by atoms with E-state index in [1.54, 1.807) is 3.88 Å². The Morgan fingerprint density at radius 2 is 1.43 bits per heavy atom. The van der Waals surface area contributed by atoms with E-state index in [1.807, 2.05) is 0 Å². The number of amides is 1. The molecular formula is C24H38Cl2NOSiTi. The van der Waals surface area contributed by atoms with Gasteiger partial charge in [0, 0.05) is 0 Å². The normalized spacial score (nSPS) is 16.2. The summed E-state index contributed by atoms with van der Waals surface area (Å²) in [5.74, 6) is 1.36. The zero-order chi connectivity index (χ0) is 21.3. The molecule has 0 saturated carbocycles. The maximum Gasteiger partial charge on any atom is -1.00 e. The van der Waals surface area contributed by atoms with Crippen molar-refractivity contribution in [2.24, 2.45) is 5.92 Å². The third-order valence-corrected chi connectivity index (χ3v) is 17.7. The van der Waals surface area contributed by atoms with Crippen LogP contribution in [0.1, 0.15) is 88.7 Å². The third kappa shape index (κ3) is 5.92. The minimum Gasteiger partial charge on any atom is -1.00 e. The fourth-order valence-corrected chi connectivity index (χ4v) is 14.7. The second kappa shape index (κ2) is 12.1. The van der Waals surface area contributed by atoms with Gasteiger partial charge in [0.15, 0.2) is 0 Å². The number of hydrogen-bond donors (Lipinski definition) is 1. The Labute approximate surface area is 204 Å². The Morgan fingerprint density at radius 3 is 1.77 bits per heavy atom. The van der Waals surface area contributed by atoms with Gasteiger partial charge in [-0.05, 0) is 0 Å². The molecule has 0 bridgehead atoms. The van der Waals surface area contributed by atoms with Crippen molar-refractivity contribution in [2.45, 2.75) is 80.3 Å². The van der Waals surface area contributed by atoms with Crippen molar-refractivity contribution in [3.63, 3.8) is 0 Å². The van der Waals surface area contributed by atoms with Crippen LogP contribution in [-0.4, -0.2) is 12.6 Å². The average molecular weight is 503 g/mol. The smallest absolute Gasteiger partial charge is 1.00 e. The Balaban J connectivity index is 0.00000420. The Kier molecular flexibility index (Phi) is 11.9. The van der Waals surface area contributed by atoms with Crippen LogP contribution in [0, 0.1) is 5.92 Å². The molecule has 0 fully saturated rings. The molecule has 1 aliphatic carbocycles. The van der Waals surface area contributed by atoms with Crippen molar-refractivity contribution < 1.29 is 47.0 Å². The summed E-state index contributed by atoms with van der Waals surface area (Å²) in [5, 5.41) is 0. The molecule has 1 amide bonds. The molecule has 0 radical (unpaired) electrons. The topological polar surface area (TPSA) is 29.1 Å². The minimum absolute atomic E-state index is 0. The van der Waals surface area contributed by atoms with Gasteiger partial charge in [-0.15, -0.1) is 0 Å². The number of carbonyl (C=O) groups excluding carboxylic acids is 1. The maximum absolute atomic E-state index is 13.7. The first-order chi connectivity index (χ1) is 13.0. The fraction of sp³-hybridized carbons (Fsp3) is 0.542. The zero-order valence-electron chi connectivity index (χ0n) is 20.2. The number of rotatable bonds is 6. The standard InChI is InChI=1S/C13H19NO.C9H13.C2H7Si.2ClH.Ti/c1-8(2)10-6-5-7-11(9(3)4)12(10)13(14)15;1-6-5-7(2)9(4)8(6)3;1-3-2;;;/h5-9H,1-4H3,(H2,14,15);6H,1-4H3;3H,1-2H3;2*1H;/q;;;;;+3/p-3. The van der Waals surface area contributed by atoms with E-state index in [2.05, 4.69) is 90.5 Å². The molecular weight excluding hydrogens is 465 g/mol. The molecule has 0 heterocycles. The third-order valence-electron chi connectivity index (χ3n) is 6.36. The molecule has 30 heavy (non-hydrogen) atoms. The van der Waals surface area contributed by atoms with Crippen molar-refractivity contribution in [1.29, 1.82) is 0 Å². The van der Waals surface area contributed by atoms with Crippen molar-refractivity contribution in [1.82, 2.24) is 3.80 Å². The Morgan fingerprint density at radius 1 is 0.967 bits per heavy atom. The van der Waals surface area contributed by atoms with Gasteiger partial charge >= 0.3 is 180 Å². The van der Waals surface area contributed by atoms with Crippen molar-refractivity contribution >= 4 is 12.6 Å². The fourth-order valence-electron chi connectivity index (χ4n) is 4.32. The van der Waals surface area contributed by atoms with Gasteiger partial charge in [0.2, 0.25) is 0 Å². The number of hydrogen-bond acceptors (Lipinski definition) is 1. The molecule has 2 nitrogen and oxygen atoms in total. The van der Waals surface area contributed by atoms with E-state index in [9.17, 15) is 4.79 Å². The number of allylic oxidation sites excluding steroid dienone is 4. The second-order valence-electron chi connectivity index (χ2n) is 9.21. The van der Waals surface area contributed by atoms with Gasteiger partial charge in [0.25, 0.3) is 0 Å². The van der Waals surface area contributed by atoms with Crippen molar-refractivity contribution in [3.8, 4) is 0 Å². The predicted octanol–water partition coefficient (Wildman–Crippen LogP) is 0.448. The molecule has 1 aromatic rings. The van der Waals surface area contributed by atoms with Crippen LogP contribution in [0.15, 0.2) is 38.8 Å². The van der Waals surface area contributed by atoms with Gasteiger partial charge in [0.1, 0.15) is 0 Å². The molecule has 1 atom stereocenters. The zero-order valence-corrected chi connectivity index (χ0v) is 24.4. The molecule has 1 N–H and O–H groups in total. The van der Waals surface area contributed by atoms with Crippen molar-refractivity contribution in [3.05, 3.63) is 55.5 Å². The molecule has 2 rings (SSSR count). The van der Waals surface area contributed by atoms with Gasteiger partial charge in [-0.3, -0.25) is 0 Å². The van der Waals surface area contributed by atoms with E-state index in [-0.39, 0.29) is 30.7 Å². The molecule has 167 valence electrons. The first-order valence-electron chi connectivity index (χ1n) is 10.7. The quantitative estimate of drug-likeness (QED) is 0.562. The number of nitrogens with one attached hydrogen (secondary N) is 1. The summed E-state index contributed by atoms with van der Waals surface area (Å²) in [6.07, 6.45) is 0. The summed E-state index contributed by atoms with van der Waals surface area (Å²) in [6.45, 7) is 21.7. The van der Waals surface area contributed by atoms with Crippen LogP contribution in [0.25, 0.3) is 0 Å². The largest absolute Gasteiger partial charge is 1.00 e. The maximum atomic E-state index is 13.7. The summed E-state index contributed by atoms with van der Waals surface area (Å²) in [5.41, 5.74) is 7.71. The molecule has 0 aliphatic heterocycles. The van der Waals surface area contributed by atoms with Gasteiger partial charge in [-0.1, -0.05) is 0 Å². The molecule has 1 aliphatic rings. The van der Waals surface area contributed by atoms with Crippen LogP contribution in [-0.2, 0) is 17.4 Å². The van der Waals surface area contributed by atoms with Gasteiger partial charge < -0.3 is 24.8 Å². The Bertz CT molecular complexity index is 804. The average Bonchev–Trinajstić information content (AvgIpc) is 2.81. The van der Waals surface area contributed by atoms with E-state index in [1.165, 1.54) is 27.8 Å². The number of benzene rings is 1. The Hall–Kier alpha value is -0.319. The summed E-state index contributed by atoms with van der Waals surface area (Å²) < 4.78 is 5.28. The SMILES string of the molecule is CC1=C(C)C(C)[C]([Ti+2]([NH]C(=O)c2c(C(C)C)cccc2C(C)C)[SiH](C)C)=C1C.[Cl-].[Cl-]. The van der Waals surface area contributed by atoms with Gasteiger partial charge in [0.05, 0.1) is 0 Å². The molecule has 1 aromatic carbocycles. The number of carbonyl (C=O) groups is 1. The molecule has 0 aromatic heterocycles. The molecule has 1 unspecified atom stereocenters. The number of halogens is 2. The van der Waals surface area contributed by atoms with E-state index in [0.29, 0.717) is 17.8 Å².